The van der Waals surface area contributed by atoms with Gasteiger partial charge in [0.1, 0.15) is 6.61 Å². The van der Waals surface area contributed by atoms with Crippen LogP contribution in [0.1, 0.15) is 40.0 Å². The molecule has 3 heteroatoms. The smallest absolute Gasteiger partial charge is 0.172 e. The van der Waals surface area contributed by atoms with Gasteiger partial charge in [-0.05, 0) is 26.3 Å². The van der Waals surface area contributed by atoms with Gasteiger partial charge < -0.3 is 4.74 Å². The van der Waals surface area contributed by atoms with Gasteiger partial charge in [0.05, 0.1) is 6.54 Å². The molecule has 0 aromatic carbocycles. The second kappa shape index (κ2) is 8.86. The van der Waals surface area contributed by atoms with Crippen molar-refractivity contribution in [3.8, 4) is 0 Å². The van der Waals surface area contributed by atoms with Gasteiger partial charge >= 0.3 is 0 Å². The van der Waals surface area contributed by atoms with Crippen molar-refractivity contribution in [1.82, 2.24) is 4.90 Å². The lowest BCUT2D eigenvalue weighted by atomic mass is 10.2. The van der Waals surface area contributed by atoms with Crippen LogP contribution < -0.4 is 0 Å². The maximum Gasteiger partial charge on any atom is 0.172 e. The number of carbonyl (C=O) groups is 1. The van der Waals surface area contributed by atoms with Gasteiger partial charge in [-0.15, -0.1) is 0 Å². The molecule has 0 aliphatic rings. The van der Waals surface area contributed by atoms with Crippen molar-refractivity contribution in [2.45, 2.75) is 46.1 Å². The molecule has 90 valence electrons. The Balaban J connectivity index is 4.04. The third kappa shape index (κ3) is 6.63. The van der Waals surface area contributed by atoms with Gasteiger partial charge in [-0.1, -0.05) is 20.3 Å². The highest BCUT2D eigenvalue weighted by Gasteiger charge is 2.14. The van der Waals surface area contributed by atoms with Gasteiger partial charge in [-0.25, -0.2) is 0 Å². The predicted octanol–water partition coefficient (Wildman–Crippen LogP) is 2.10. The Morgan fingerprint density at radius 2 is 2.07 bits per heavy atom. The van der Waals surface area contributed by atoms with Crippen LogP contribution in [0.25, 0.3) is 0 Å². The third-order valence-electron chi connectivity index (χ3n) is 2.70. The highest BCUT2D eigenvalue weighted by molar-refractivity contribution is 5.81. The molecule has 1 atom stereocenters. The summed E-state index contributed by atoms with van der Waals surface area (Å²) < 4.78 is 4.85. The van der Waals surface area contributed by atoms with E-state index in [0.29, 0.717) is 12.6 Å². The zero-order chi connectivity index (χ0) is 11.7. The lowest BCUT2D eigenvalue weighted by Gasteiger charge is -2.27. The van der Waals surface area contributed by atoms with Crippen molar-refractivity contribution in [3.63, 3.8) is 0 Å². The number of nitrogens with zero attached hydrogens (tertiary/aromatic N) is 1. The van der Waals surface area contributed by atoms with E-state index in [1.807, 2.05) is 0 Å². The van der Waals surface area contributed by atoms with Crippen molar-refractivity contribution >= 4 is 5.78 Å². The first kappa shape index (κ1) is 14.6. The van der Waals surface area contributed by atoms with E-state index >= 15 is 0 Å². The van der Waals surface area contributed by atoms with Crippen LogP contribution in [0.2, 0.25) is 0 Å². The maximum absolute atomic E-state index is 11.5. The Morgan fingerprint density at radius 1 is 1.40 bits per heavy atom. The molecule has 0 heterocycles. The SMILES string of the molecule is CCCCN(CC(=O)COC)C(C)CC. The Hall–Kier alpha value is -0.410. The Morgan fingerprint density at radius 3 is 2.53 bits per heavy atom. The first-order valence-electron chi connectivity index (χ1n) is 5.90. The fraction of sp³-hybridized carbons (Fsp3) is 0.917. The Bertz CT molecular complexity index is 171. The number of carbonyl (C=O) groups excluding carboxylic acids is 1. The van der Waals surface area contributed by atoms with Crippen LogP contribution in [0.3, 0.4) is 0 Å². The molecule has 0 rings (SSSR count). The lowest BCUT2D eigenvalue weighted by molar-refractivity contribution is -0.124. The Labute approximate surface area is 93.8 Å². The molecule has 0 radical (unpaired) electrons. The van der Waals surface area contributed by atoms with Crippen LogP contribution in [-0.2, 0) is 9.53 Å². The quantitative estimate of drug-likeness (QED) is 0.590. The summed E-state index contributed by atoms with van der Waals surface area (Å²) in [5.41, 5.74) is 0. The van der Waals surface area contributed by atoms with Crippen LogP contribution >= 0.6 is 0 Å². The minimum Gasteiger partial charge on any atom is -0.377 e. The Kier molecular flexibility index (Phi) is 8.62. The number of hydrogen-bond donors (Lipinski definition) is 0. The number of rotatable bonds is 9. The number of hydrogen-bond acceptors (Lipinski definition) is 3. The first-order valence-corrected chi connectivity index (χ1v) is 5.90. The van der Waals surface area contributed by atoms with Gasteiger partial charge in [0.15, 0.2) is 5.78 Å². The number of unbranched alkanes of at least 4 members (excludes halogenated alkanes) is 1. The van der Waals surface area contributed by atoms with Gasteiger partial charge in [-0.2, -0.15) is 0 Å². The second-order valence-electron chi connectivity index (χ2n) is 4.05. The minimum absolute atomic E-state index is 0.175. The number of Topliss-reactive ketones (excluding diaryl/α,β-unsaturated/α-hetero) is 1. The summed E-state index contributed by atoms with van der Waals surface area (Å²) in [4.78, 5) is 13.7. The zero-order valence-electron chi connectivity index (χ0n) is 10.6. The van der Waals surface area contributed by atoms with E-state index in [2.05, 4.69) is 25.7 Å². The molecule has 0 aliphatic carbocycles. The van der Waals surface area contributed by atoms with Gasteiger partial charge in [0, 0.05) is 13.2 Å². The van der Waals surface area contributed by atoms with Crippen LogP contribution in [0.4, 0.5) is 0 Å². The van der Waals surface area contributed by atoms with Crippen LogP contribution in [0.5, 0.6) is 0 Å². The topological polar surface area (TPSA) is 29.5 Å². The van der Waals surface area contributed by atoms with Crippen molar-refractivity contribution in [1.29, 1.82) is 0 Å². The molecule has 0 saturated carbocycles. The standard InChI is InChI=1S/C12H25NO2/c1-5-7-8-13(11(3)6-2)9-12(14)10-15-4/h11H,5-10H2,1-4H3. The summed E-state index contributed by atoms with van der Waals surface area (Å²) in [7, 11) is 1.57. The largest absolute Gasteiger partial charge is 0.377 e. The van der Waals surface area contributed by atoms with E-state index in [4.69, 9.17) is 4.74 Å². The summed E-state index contributed by atoms with van der Waals surface area (Å²) in [5.74, 6) is 0.175. The van der Waals surface area contributed by atoms with Crippen LogP contribution in [0.15, 0.2) is 0 Å². The van der Waals surface area contributed by atoms with Crippen molar-refractivity contribution < 1.29 is 9.53 Å². The molecule has 0 fully saturated rings. The van der Waals surface area contributed by atoms with E-state index in [9.17, 15) is 4.79 Å². The van der Waals surface area contributed by atoms with E-state index < -0.39 is 0 Å². The van der Waals surface area contributed by atoms with E-state index in [1.165, 1.54) is 6.42 Å². The van der Waals surface area contributed by atoms with Crippen molar-refractivity contribution in [3.05, 3.63) is 0 Å². The maximum atomic E-state index is 11.5. The molecule has 0 aromatic rings. The summed E-state index contributed by atoms with van der Waals surface area (Å²) >= 11 is 0. The van der Waals surface area contributed by atoms with Crippen LogP contribution in [-0.4, -0.2) is 43.5 Å². The lowest BCUT2D eigenvalue weighted by Crippen LogP contribution is -2.38. The van der Waals surface area contributed by atoms with E-state index in [0.717, 1.165) is 19.4 Å². The summed E-state index contributed by atoms with van der Waals surface area (Å²) in [6.45, 7) is 8.29. The minimum atomic E-state index is 0.175. The molecule has 0 spiro atoms. The highest BCUT2D eigenvalue weighted by Crippen LogP contribution is 2.05. The third-order valence-corrected chi connectivity index (χ3v) is 2.70. The van der Waals surface area contributed by atoms with Gasteiger partial charge in [0.25, 0.3) is 0 Å². The first-order chi connectivity index (χ1) is 7.15. The molecule has 1 unspecified atom stereocenters. The highest BCUT2D eigenvalue weighted by atomic mass is 16.5. The van der Waals surface area contributed by atoms with Crippen molar-refractivity contribution in [2.24, 2.45) is 0 Å². The molecule has 0 aromatic heterocycles. The number of ether oxygens (including phenoxy) is 1. The van der Waals surface area contributed by atoms with Gasteiger partial charge in [0.2, 0.25) is 0 Å². The van der Waals surface area contributed by atoms with E-state index in [1.54, 1.807) is 7.11 Å². The van der Waals surface area contributed by atoms with Crippen LogP contribution in [0, 0.1) is 0 Å². The number of methoxy groups -OCH3 is 1. The fourth-order valence-corrected chi connectivity index (χ4v) is 1.51. The second-order valence-corrected chi connectivity index (χ2v) is 4.05. The molecule has 3 nitrogen and oxygen atoms in total. The predicted molar refractivity (Wildman–Crippen MR) is 63.1 cm³/mol. The molecular formula is C12H25NO2. The average Bonchev–Trinajstić information content (AvgIpc) is 2.23. The molecule has 0 saturated heterocycles. The molecule has 0 aliphatic heterocycles. The molecular weight excluding hydrogens is 190 g/mol. The normalized spacial score (nSPS) is 13.1. The average molecular weight is 215 g/mol. The summed E-state index contributed by atoms with van der Waals surface area (Å²) in [6, 6.07) is 0.484. The molecule has 0 amide bonds. The van der Waals surface area contributed by atoms with E-state index in [-0.39, 0.29) is 12.4 Å². The summed E-state index contributed by atoms with van der Waals surface area (Å²) in [6.07, 6.45) is 3.42. The van der Waals surface area contributed by atoms with Gasteiger partial charge in [-0.3, -0.25) is 9.69 Å². The summed E-state index contributed by atoms with van der Waals surface area (Å²) in [5, 5.41) is 0. The fourth-order valence-electron chi connectivity index (χ4n) is 1.51. The van der Waals surface area contributed by atoms with Crippen molar-refractivity contribution in [2.75, 3.05) is 26.8 Å². The number of ketones is 1. The monoisotopic (exact) mass is 215 g/mol. The molecule has 15 heavy (non-hydrogen) atoms. The molecule has 0 N–H and O–H groups in total. The zero-order valence-corrected chi connectivity index (χ0v) is 10.6. The molecule has 0 bridgehead atoms.